The number of fused-ring (bicyclic) bond motifs is 1. The Bertz CT molecular complexity index is 245. The molecule has 1 aliphatic carbocycles. The van der Waals surface area contributed by atoms with Gasteiger partial charge in [0.25, 0.3) is 0 Å². The number of amides is 2. The third-order valence-corrected chi connectivity index (χ3v) is 3.50. The first-order valence-corrected chi connectivity index (χ1v) is 6.03. The molecule has 1 aliphatic heterocycles. The summed E-state index contributed by atoms with van der Waals surface area (Å²) in [6.45, 7) is 8.05. The number of nitrogens with one attached hydrogen (secondary N) is 1. The van der Waals surface area contributed by atoms with Crippen LogP contribution in [0.15, 0.2) is 0 Å². The first-order valence-electron chi connectivity index (χ1n) is 6.03. The lowest BCUT2D eigenvalue weighted by Crippen LogP contribution is -2.47. The van der Waals surface area contributed by atoms with Gasteiger partial charge in [0.1, 0.15) is 0 Å². The van der Waals surface area contributed by atoms with Gasteiger partial charge in [-0.1, -0.05) is 6.42 Å². The van der Waals surface area contributed by atoms with E-state index in [1.54, 1.807) is 0 Å². The van der Waals surface area contributed by atoms with Crippen LogP contribution >= 0.6 is 0 Å². The summed E-state index contributed by atoms with van der Waals surface area (Å²) < 4.78 is 0. The molecule has 0 aromatic heterocycles. The Morgan fingerprint density at radius 2 is 1.73 bits per heavy atom. The van der Waals surface area contributed by atoms with Gasteiger partial charge in [0.05, 0.1) is 0 Å². The fraction of sp³-hybridized carbons (Fsp3) is 0.917. The van der Waals surface area contributed by atoms with Gasteiger partial charge in [-0.15, -0.1) is 0 Å². The zero-order valence-electron chi connectivity index (χ0n) is 10.0. The number of hydrogen-bond donors (Lipinski definition) is 1. The summed E-state index contributed by atoms with van der Waals surface area (Å²) in [6, 6.07) is 0.122. The molecule has 1 saturated carbocycles. The molecule has 86 valence electrons. The second kappa shape index (κ2) is 3.69. The number of hydrogen-bond acceptors (Lipinski definition) is 1. The van der Waals surface area contributed by atoms with Crippen molar-refractivity contribution < 1.29 is 4.79 Å². The van der Waals surface area contributed by atoms with Crippen LogP contribution in [0.3, 0.4) is 0 Å². The monoisotopic (exact) mass is 210 g/mol. The lowest BCUT2D eigenvalue weighted by Gasteiger charge is -2.26. The molecular formula is C12H22N2O. The minimum atomic E-state index is -0.116. The van der Waals surface area contributed by atoms with Crippen molar-refractivity contribution in [2.45, 2.75) is 45.6 Å². The normalized spacial score (nSPS) is 30.5. The van der Waals surface area contributed by atoms with Crippen LogP contribution in [0.5, 0.6) is 0 Å². The van der Waals surface area contributed by atoms with Crippen molar-refractivity contribution >= 4 is 6.03 Å². The van der Waals surface area contributed by atoms with Gasteiger partial charge in [-0.3, -0.25) is 0 Å². The average Bonchev–Trinajstić information content (AvgIpc) is 2.56. The standard InChI is InChI=1S/C12H22N2O/c1-12(2,3)13-11(15)14-7-9-5-4-6-10(9)8-14/h9-10H,4-8H2,1-3H3,(H,13,15). The first-order chi connectivity index (χ1) is 6.96. The first kappa shape index (κ1) is 10.8. The van der Waals surface area contributed by atoms with E-state index in [2.05, 4.69) is 5.32 Å². The summed E-state index contributed by atoms with van der Waals surface area (Å²) >= 11 is 0. The van der Waals surface area contributed by atoms with Crippen molar-refractivity contribution in [2.75, 3.05) is 13.1 Å². The number of likely N-dealkylation sites (tertiary alicyclic amines) is 1. The van der Waals surface area contributed by atoms with Crippen molar-refractivity contribution in [3.63, 3.8) is 0 Å². The summed E-state index contributed by atoms with van der Waals surface area (Å²) in [7, 11) is 0. The van der Waals surface area contributed by atoms with Crippen molar-refractivity contribution in [3.05, 3.63) is 0 Å². The number of nitrogens with zero attached hydrogens (tertiary/aromatic N) is 1. The van der Waals surface area contributed by atoms with Gasteiger partial charge in [0.2, 0.25) is 0 Å². The second-order valence-corrected chi connectivity index (χ2v) is 6.04. The summed E-state index contributed by atoms with van der Waals surface area (Å²) in [6.07, 6.45) is 4.01. The van der Waals surface area contributed by atoms with E-state index in [9.17, 15) is 4.79 Å². The third-order valence-electron chi connectivity index (χ3n) is 3.50. The summed E-state index contributed by atoms with van der Waals surface area (Å²) in [5.74, 6) is 1.58. The van der Waals surface area contributed by atoms with E-state index in [0.717, 1.165) is 24.9 Å². The summed E-state index contributed by atoms with van der Waals surface area (Å²) in [5.41, 5.74) is -0.116. The molecule has 3 nitrogen and oxygen atoms in total. The molecule has 1 saturated heterocycles. The molecule has 0 bridgehead atoms. The molecule has 0 radical (unpaired) electrons. The van der Waals surface area contributed by atoms with Gasteiger partial charge in [0.15, 0.2) is 0 Å². The molecule has 0 spiro atoms. The second-order valence-electron chi connectivity index (χ2n) is 6.04. The minimum Gasteiger partial charge on any atom is -0.333 e. The molecule has 1 heterocycles. The highest BCUT2D eigenvalue weighted by molar-refractivity contribution is 5.75. The Labute approximate surface area is 92.2 Å². The molecule has 2 unspecified atom stereocenters. The Balaban J connectivity index is 1.88. The third kappa shape index (κ3) is 2.44. The Kier molecular flexibility index (Phi) is 2.65. The van der Waals surface area contributed by atoms with Crippen LogP contribution in [-0.4, -0.2) is 29.6 Å². The Hall–Kier alpha value is -0.730. The molecule has 1 N–H and O–H groups in total. The Morgan fingerprint density at radius 3 is 2.20 bits per heavy atom. The van der Waals surface area contributed by atoms with Gasteiger partial charge >= 0.3 is 6.03 Å². The summed E-state index contributed by atoms with van der Waals surface area (Å²) in [5, 5.41) is 3.04. The maximum atomic E-state index is 11.9. The van der Waals surface area contributed by atoms with Crippen molar-refractivity contribution in [1.82, 2.24) is 10.2 Å². The lowest BCUT2D eigenvalue weighted by molar-refractivity contribution is 0.195. The van der Waals surface area contributed by atoms with E-state index in [1.807, 2.05) is 25.7 Å². The van der Waals surface area contributed by atoms with E-state index in [0.29, 0.717) is 0 Å². The topological polar surface area (TPSA) is 32.3 Å². The van der Waals surface area contributed by atoms with E-state index in [4.69, 9.17) is 0 Å². The number of urea groups is 1. The molecule has 2 amide bonds. The van der Waals surface area contributed by atoms with Crippen LogP contribution in [-0.2, 0) is 0 Å². The van der Waals surface area contributed by atoms with Gasteiger partial charge in [-0.2, -0.15) is 0 Å². The van der Waals surface area contributed by atoms with Crippen LogP contribution in [0.25, 0.3) is 0 Å². The lowest BCUT2D eigenvalue weighted by atomic mass is 10.0. The van der Waals surface area contributed by atoms with Crippen LogP contribution in [0.2, 0.25) is 0 Å². The van der Waals surface area contributed by atoms with Crippen molar-refractivity contribution in [3.8, 4) is 0 Å². The zero-order valence-corrected chi connectivity index (χ0v) is 10.0. The largest absolute Gasteiger partial charge is 0.333 e. The number of rotatable bonds is 0. The maximum absolute atomic E-state index is 11.9. The van der Waals surface area contributed by atoms with Gasteiger partial charge in [-0.05, 0) is 45.4 Å². The highest BCUT2D eigenvalue weighted by Gasteiger charge is 2.38. The Morgan fingerprint density at radius 1 is 1.20 bits per heavy atom. The minimum absolute atomic E-state index is 0.116. The summed E-state index contributed by atoms with van der Waals surface area (Å²) in [4.78, 5) is 13.9. The van der Waals surface area contributed by atoms with Crippen molar-refractivity contribution in [2.24, 2.45) is 11.8 Å². The highest BCUT2D eigenvalue weighted by Crippen LogP contribution is 2.37. The molecule has 0 aromatic rings. The molecule has 2 rings (SSSR count). The highest BCUT2D eigenvalue weighted by atomic mass is 16.2. The van der Waals surface area contributed by atoms with E-state index < -0.39 is 0 Å². The molecule has 15 heavy (non-hydrogen) atoms. The molecule has 0 aromatic carbocycles. The van der Waals surface area contributed by atoms with E-state index in [1.165, 1.54) is 19.3 Å². The van der Waals surface area contributed by atoms with Crippen LogP contribution < -0.4 is 5.32 Å². The van der Waals surface area contributed by atoms with Crippen LogP contribution in [0, 0.1) is 11.8 Å². The quantitative estimate of drug-likeness (QED) is 0.653. The molecule has 2 atom stereocenters. The van der Waals surface area contributed by atoms with E-state index >= 15 is 0 Å². The van der Waals surface area contributed by atoms with Gasteiger partial charge in [-0.25, -0.2) is 4.79 Å². The van der Waals surface area contributed by atoms with Crippen LogP contribution in [0.1, 0.15) is 40.0 Å². The average molecular weight is 210 g/mol. The predicted molar refractivity (Wildman–Crippen MR) is 60.7 cm³/mol. The molecule has 2 aliphatic rings. The van der Waals surface area contributed by atoms with Gasteiger partial charge < -0.3 is 10.2 Å². The maximum Gasteiger partial charge on any atom is 0.317 e. The fourth-order valence-electron chi connectivity index (χ4n) is 2.80. The number of carbonyl (C=O) groups is 1. The molecule has 3 heteroatoms. The number of carbonyl (C=O) groups excluding carboxylic acids is 1. The predicted octanol–water partition coefficient (Wildman–Crippen LogP) is 2.23. The zero-order chi connectivity index (χ0) is 11.1. The smallest absolute Gasteiger partial charge is 0.317 e. The molecule has 2 fully saturated rings. The van der Waals surface area contributed by atoms with Crippen LogP contribution in [0.4, 0.5) is 4.79 Å². The van der Waals surface area contributed by atoms with E-state index in [-0.39, 0.29) is 11.6 Å². The van der Waals surface area contributed by atoms with Crippen molar-refractivity contribution in [1.29, 1.82) is 0 Å². The molecular weight excluding hydrogens is 188 g/mol. The SMILES string of the molecule is CC(C)(C)NC(=O)N1CC2CCCC2C1. The fourth-order valence-corrected chi connectivity index (χ4v) is 2.80. The van der Waals surface area contributed by atoms with Gasteiger partial charge in [0, 0.05) is 18.6 Å².